The number of hydrogen-bond acceptors (Lipinski definition) is 3. The molecule has 0 bridgehead atoms. The lowest BCUT2D eigenvalue weighted by molar-refractivity contribution is 0.295. The number of nitrogens with zero attached hydrogens (tertiary/aromatic N) is 3. The molecule has 3 rings (SSSR count). The van der Waals surface area contributed by atoms with E-state index in [2.05, 4.69) is 25.9 Å². The number of halogens is 1. The maximum Gasteiger partial charge on any atom is 0.152 e. The van der Waals surface area contributed by atoms with E-state index < -0.39 is 0 Å². The second-order valence-corrected chi connectivity index (χ2v) is 5.01. The predicted molar refractivity (Wildman–Crippen MR) is 76.2 cm³/mol. The summed E-state index contributed by atoms with van der Waals surface area (Å²) in [4.78, 5) is 8.53. The first kappa shape index (κ1) is 12.2. The highest BCUT2D eigenvalue weighted by atomic mass is 79.9. The topological polar surface area (TPSA) is 39.4 Å². The minimum absolute atomic E-state index is 0.417. The van der Waals surface area contributed by atoms with Gasteiger partial charge in [0.1, 0.15) is 17.0 Å². The quantitative estimate of drug-likeness (QED) is 0.743. The first-order chi connectivity index (χ1) is 9.24. The molecule has 0 fully saturated rings. The Morgan fingerprint density at radius 1 is 1.37 bits per heavy atom. The van der Waals surface area contributed by atoms with Crippen LogP contribution in [-0.4, -0.2) is 14.4 Å². The average Bonchev–Trinajstić information content (AvgIpc) is 2.74. The minimum Gasteiger partial charge on any atom is -0.486 e. The Morgan fingerprint density at radius 2 is 2.26 bits per heavy atom. The molecule has 0 N–H and O–H groups in total. The molecule has 0 aliphatic carbocycles. The van der Waals surface area contributed by atoms with Gasteiger partial charge in [-0.15, -0.1) is 0 Å². The van der Waals surface area contributed by atoms with Crippen LogP contribution in [0.2, 0.25) is 0 Å². The van der Waals surface area contributed by atoms with Gasteiger partial charge in [-0.05, 0) is 40.5 Å². The lowest BCUT2D eigenvalue weighted by Gasteiger charge is -2.06. The van der Waals surface area contributed by atoms with Gasteiger partial charge < -0.3 is 4.74 Å². The van der Waals surface area contributed by atoms with Crippen molar-refractivity contribution in [1.82, 2.24) is 14.4 Å². The Bertz CT molecular complexity index is 724. The van der Waals surface area contributed by atoms with Gasteiger partial charge in [0.2, 0.25) is 0 Å². The third kappa shape index (κ3) is 2.46. The summed E-state index contributed by atoms with van der Waals surface area (Å²) >= 11 is 3.43. The monoisotopic (exact) mass is 317 g/mol. The fourth-order valence-corrected chi connectivity index (χ4v) is 2.42. The molecule has 1 aromatic carbocycles. The molecule has 0 saturated carbocycles. The smallest absolute Gasteiger partial charge is 0.152 e. The van der Waals surface area contributed by atoms with Crippen LogP contribution in [0.4, 0.5) is 0 Å². The summed E-state index contributed by atoms with van der Waals surface area (Å²) in [5.41, 5.74) is 2.11. The van der Waals surface area contributed by atoms with Gasteiger partial charge in [0.15, 0.2) is 5.82 Å². The molecule has 0 amide bonds. The third-order valence-corrected chi connectivity index (χ3v) is 3.42. The van der Waals surface area contributed by atoms with Crippen LogP contribution in [0.1, 0.15) is 11.4 Å². The van der Waals surface area contributed by atoms with Gasteiger partial charge in [-0.1, -0.05) is 12.1 Å². The highest BCUT2D eigenvalue weighted by Crippen LogP contribution is 2.19. The maximum atomic E-state index is 5.77. The molecule has 0 saturated heterocycles. The maximum absolute atomic E-state index is 5.77. The molecule has 2 aromatic heterocycles. The van der Waals surface area contributed by atoms with Crippen molar-refractivity contribution in [3.8, 4) is 5.75 Å². The van der Waals surface area contributed by atoms with Gasteiger partial charge in [-0.25, -0.2) is 4.98 Å². The van der Waals surface area contributed by atoms with Crippen molar-refractivity contribution < 1.29 is 4.74 Å². The summed E-state index contributed by atoms with van der Waals surface area (Å²) in [6.45, 7) is 2.46. The van der Waals surface area contributed by atoms with E-state index in [1.807, 2.05) is 41.8 Å². The summed E-state index contributed by atoms with van der Waals surface area (Å²) in [7, 11) is 0. The molecule has 2 heterocycles. The lowest BCUT2D eigenvalue weighted by atomic mass is 10.2. The normalized spacial score (nSPS) is 10.8. The number of hydrogen-bond donors (Lipinski definition) is 0. The highest BCUT2D eigenvalue weighted by Gasteiger charge is 2.09. The van der Waals surface area contributed by atoms with Crippen LogP contribution < -0.4 is 4.74 Å². The molecular weight excluding hydrogens is 306 g/mol. The molecule has 4 nitrogen and oxygen atoms in total. The zero-order valence-electron chi connectivity index (χ0n) is 10.4. The van der Waals surface area contributed by atoms with Crippen molar-refractivity contribution in [3.63, 3.8) is 0 Å². The number of imidazole rings is 1. The van der Waals surface area contributed by atoms with E-state index in [0.29, 0.717) is 6.61 Å². The van der Waals surface area contributed by atoms with Gasteiger partial charge in [0.25, 0.3) is 0 Å². The number of aryl methyl sites for hydroxylation is 1. The number of aromatic nitrogens is 3. The molecule has 0 atom stereocenters. The van der Waals surface area contributed by atoms with Gasteiger partial charge in [-0.3, -0.25) is 9.38 Å². The summed E-state index contributed by atoms with van der Waals surface area (Å²) in [5, 5.41) is 0. The minimum atomic E-state index is 0.417. The molecule has 0 radical (unpaired) electrons. The zero-order valence-corrected chi connectivity index (χ0v) is 12.0. The van der Waals surface area contributed by atoms with Gasteiger partial charge in [0.05, 0.1) is 11.7 Å². The average molecular weight is 318 g/mol. The summed E-state index contributed by atoms with van der Waals surface area (Å²) in [6, 6.07) is 7.97. The van der Waals surface area contributed by atoms with Crippen molar-refractivity contribution in [2.45, 2.75) is 13.5 Å². The van der Waals surface area contributed by atoms with Crippen LogP contribution in [0.5, 0.6) is 5.75 Å². The van der Waals surface area contributed by atoms with Crippen molar-refractivity contribution in [2.75, 3.05) is 0 Å². The Balaban J connectivity index is 1.86. The number of fused-ring (bicyclic) bond motifs is 1. The second-order valence-electron chi connectivity index (χ2n) is 4.26. The van der Waals surface area contributed by atoms with E-state index in [1.165, 1.54) is 5.56 Å². The highest BCUT2D eigenvalue weighted by molar-refractivity contribution is 9.10. The van der Waals surface area contributed by atoms with E-state index in [-0.39, 0.29) is 0 Å². The number of rotatable bonds is 3. The van der Waals surface area contributed by atoms with Gasteiger partial charge in [0, 0.05) is 12.4 Å². The largest absolute Gasteiger partial charge is 0.486 e. The van der Waals surface area contributed by atoms with Crippen LogP contribution in [-0.2, 0) is 6.61 Å². The Hall–Kier alpha value is -1.88. The van der Waals surface area contributed by atoms with Gasteiger partial charge >= 0.3 is 0 Å². The van der Waals surface area contributed by atoms with E-state index >= 15 is 0 Å². The van der Waals surface area contributed by atoms with Crippen LogP contribution in [0.15, 0.2) is 47.5 Å². The second kappa shape index (κ2) is 5.01. The third-order valence-electron chi connectivity index (χ3n) is 2.83. The summed E-state index contributed by atoms with van der Waals surface area (Å²) < 4.78 is 8.52. The fourth-order valence-electron chi connectivity index (χ4n) is 1.92. The Kier molecular flexibility index (Phi) is 3.21. The molecule has 5 heteroatoms. The lowest BCUT2D eigenvalue weighted by Crippen LogP contribution is -2.01. The summed E-state index contributed by atoms with van der Waals surface area (Å²) in [6.07, 6.45) is 5.38. The van der Waals surface area contributed by atoms with Crippen LogP contribution in [0.3, 0.4) is 0 Å². The van der Waals surface area contributed by atoms with Crippen LogP contribution in [0.25, 0.3) is 5.52 Å². The molecule has 19 heavy (non-hydrogen) atoms. The van der Waals surface area contributed by atoms with Crippen molar-refractivity contribution in [2.24, 2.45) is 0 Å². The molecule has 0 aliphatic rings. The van der Waals surface area contributed by atoms with Crippen LogP contribution >= 0.6 is 15.9 Å². The molecule has 3 aromatic rings. The fraction of sp³-hybridized carbons (Fsp3) is 0.143. The number of benzene rings is 1. The molecule has 0 spiro atoms. The van der Waals surface area contributed by atoms with E-state index in [9.17, 15) is 0 Å². The molecule has 0 unspecified atom stereocenters. The van der Waals surface area contributed by atoms with Crippen LogP contribution in [0, 0.1) is 6.92 Å². The predicted octanol–water partition coefficient (Wildman–Crippen LogP) is 3.38. The van der Waals surface area contributed by atoms with Crippen molar-refractivity contribution >= 4 is 21.4 Å². The molecular formula is C14H12BrN3O. The first-order valence-electron chi connectivity index (χ1n) is 5.90. The Labute approximate surface area is 119 Å². The van der Waals surface area contributed by atoms with Crippen molar-refractivity contribution in [3.05, 3.63) is 58.8 Å². The first-order valence-corrected chi connectivity index (χ1v) is 6.69. The van der Waals surface area contributed by atoms with E-state index in [4.69, 9.17) is 4.74 Å². The summed E-state index contributed by atoms with van der Waals surface area (Å²) in [5.74, 6) is 1.69. The zero-order chi connectivity index (χ0) is 13.2. The van der Waals surface area contributed by atoms with Gasteiger partial charge in [-0.2, -0.15) is 0 Å². The molecule has 96 valence electrons. The standard InChI is InChI=1S/C14H12BrN3O/c1-10-3-2-4-11(7-10)19-9-13-17-14(15)12-8-16-5-6-18(12)13/h2-8H,9H2,1H3. The SMILES string of the molecule is Cc1cccc(OCc2nc(Br)c3cnccn23)c1. The van der Waals surface area contributed by atoms with E-state index in [1.54, 1.807) is 12.4 Å². The molecule has 0 aliphatic heterocycles. The van der Waals surface area contributed by atoms with Crippen molar-refractivity contribution in [1.29, 1.82) is 0 Å². The van der Waals surface area contributed by atoms with E-state index in [0.717, 1.165) is 21.7 Å². The Morgan fingerprint density at radius 3 is 3.11 bits per heavy atom. The number of ether oxygens (including phenoxy) is 1.